The first kappa shape index (κ1) is 17.0. The first-order valence-corrected chi connectivity index (χ1v) is 9.62. The number of aromatic nitrogens is 3. The number of carbonyl (C=O) groups is 1. The Hall–Kier alpha value is -1.82. The molecular weight excluding hydrogens is 320 g/mol. The van der Waals surface area contributed by atoms with Crippen LogP contribution in [0.4, 0.5) is 0 Å². The molecule has 3 rings (SSSR count). The van der Waals surface area contributed by atoms with Crippen molar-refractivity contribution in [3.05, 3.63) is 36.2 Å². The number of rotatable bonds is 5. The van der Waals surface area contributed by atoms with Gasteiger partial charge in [-0.1, -0.05) is 55.6 Å². The van der Waals surface area contributed by atoms with Crippen LogP contribution in [0, 0.1) is 6.92 Å². The van der Waals surface area contributed by atoms with Crippen LogP contribution in [0.15, 0.2) is 35.5 Å². The molecule has 1 N–H and O–H groups in total. The number of amides is 1. The van der Waals surface area contributed by atoms with Crippen molar-refractivity contribution < 1.29 is 4.79 Å². The van der Waals surface area contributed by atoms with Crippen molar-refractivity contribution in [3.63, 3.8) is 0 Å². The Morgan fingerprint density at radius 1 is 1.17 bits per heavy atom. The number of thioether (sulfide) groups is 1. The summed E-state index contributed by atoms with van der Waals surface area (Å²) in [6.45, 7) is 1.93. The van der Waals surface area contributed by atoms with Crippen LogP contribution in [0.1, 0.15) is 44.3 Å². The van der Waals surface area contributed by atoms with Gasteiger partial charge in [0.1, 0.15) is 5.82 Å². The summed E-state index contributed by atoms with van der Waals surface area (Å²) in [5, 5.41) is 12.3. The fourth-order valence-corrected chi connectivity index (χ4v) is 3.94. The van der Waals surface area contributed by atoms with E-state index in [4.69, 9.17) is 0 Å². The maximum absolute atomic E-state index is 12.3. The largest absolute Gasteiger partial charge is 0.353 e. The SMILES string of the molecule is Cc1nnc(SCC(=O)NC2CCCCCC2)n1-c1ccccc1. The second kappa shape index (κ2) is 8.33. The zero-order valence-electron chi connectivity index (χ0n) is 14.1. The zero-order chi connectivity index (χ0) is 16.8. The van der Waals surface area contributed by atoms with Gasteiger partial charge in [-0.05, 0) is 31.9 Å². The van der Waals surface area contributed by atoms with Crippen molar-refractivity contribution in [2.45, 2.75) is 56.6 Å². The number of hydrogen-bond acceptors (Lipinski definition) is 4. The van der Waals surface area contributed by atoms with Gasteiger partial charge in [0.25, 0.3) is 0 Å². The van der Waals surface area contributed by atoms with Crippen LogP contribution >= 0.6 is 11.8 Å². The molecule has 0 spiro atoms. The van der Waals surface area contributed by atoms with Gasteiger partial charge in [0, 0.05) is 11.7 Å². The fourth-order valence-electron chi connectivity index (χ4n) is 3.13. The lowest BCUT2D eigenvalue weighted by Gasteiger charge is -2.16. The van der Waals surface area contributed by atoms with E-state index in [0.29, 0.717) is 11.8 Å². The number of nitrogens with zero attached hydrogens (tertiary/aromatic N) is 3. The van der Waals surface area contributed by atoms with Gasteiger partial charge in [-0.25, -0.2) is 0 Å². The van der Waals surface area contributed by atoms with Crippen molar-refractivity contribution in [3.8, 4) is 5.69 Å². The molecule has 0 unspecified atom stereocenters. The lowest BCUT2D eigenvalue weighted by molar-refractivity contribution is -0.119. The van der Waals surface area contributed by atoms with Crippen LogP contribution in [0.5, 0.6) is 0 Å². The molecule has 1 aliphatic carbocycles. The Kier molecular flexibility index (Phi) is 5.91. The molecule has 0 radical (unpaired) electrons. The summed E-state index contributed by atoms with van der Waals surface area (Å²) in [6, 6.07) is 10.3. The van der Waals surface area contributed by atoms with E-state index in [1.807, 2.05) is 41.8 Å². The number of nitrogens with one attached hydrogen (secondary N) is 1. The Morgan fingerprint density at radius 2 is 1.88 bits per heavy atom. The van der Waals surface area contributed by atoms with E-state index in [1.54, 1.807) is 0 Å². The van der Waals surface area contributed by atoms with Crippen LogP contribution in [0.2, 0.25) is 0 Å². The van der Waals surface area contributed by atoms with Crippen molar-refractivity contribution in [2.24, 2.45) is 0 Å². The van der Waals surface area contributed by atoms with Gasteiger partial charge in [-0.15, -0.1) is 10.2 Å². The topological polar surface area (TPSA) is 59.8 Å². The minimum atomic E-state index is 0.0900. The van der Waals surface area contributed by atoms with Crippen molar-refractivity contribution in [1.29, 1.82) is 0 Å². The smallest absolute Gasteiger partial charge is 0.230 e. The first-order valence-electron chi connectivity index (χ1n) is 8.63. The van der Waals surface area contributed by atoms with Gasteiger partial charge in [0.2, 0.25) is 5.91 Å². The highest BCUT2D eigenvalue weighted by Gasteiger charge is 2.17. The Balaban J connectivity index is 1.60. The molecule has 1 aliphatic rings. The minimum absolute atomic E-state index is 0.0900. The van der Waals surface area contributed by atoms with Crippen LogP contribution in [0.3, 0.4) is 0 Å². The summed E-state index contributed by atoms with van der Waals surface area (Å²) in [5.41, 5.74) is 1.02. The summed E-state index contributed by atoms with van der Waals surface area (Å²) in [5.74, 6) is 1.29. The van der Waals surface area contributed by atoms with Crippen molar-refractivity contribution in [1.82, 2.24) is 20.1 Å². The normalized spacial score (nSPS) is 15.9. The summed E-state index contributed by atoms with van der Waals surface area (Å²) < 4.78 is 1.99. The van der Waals surface area contributed by atoms with E-state index < -0.39 is 0 Å². The first-order chi connectivity index (χ1) is 11.7. The quantitative estimate of drug-likeness (QED) is 0.666. The molecule has 0 bridgehead atoms. The molecule has 5 nitrogen and oxygen atoms in total. The summed E-state index contributed by atoms with van der Waals surface area (Å²) in [4.78, 5) is 12.3. The third-order valence-corrected chi connectivity index (χ3v) is 5.29. The van der Waals surface area contributed by atoms with Gasteiger partial charge in [-0.2, -0.15) is 0 Å². The molecule has 1 heterocycles. The Bertz CT molecular complexity index is 663. The van der Waals surface area contributed by atoms with E-state index >= 15 is 0 Å². The molecule has 2 aromatic rings. The van der Waals surface area contributed by atoms with Gasteiger partial charge in [0.15, 0.2) is 5.16 Å². The van der Waals surface area contributed by atoms with E-state index in [1.165, 1.54) is 37.4 Å². The molecule has 1 aromatic heterocycles. The molecule has 128 valence electrons. The van der Waals surface area contributed by atoms with E-state index in [9.17, 15) is 4.79 Å². The lowest BCUT2D eigenvalue weighted by atomic mass is 10.1. The van der Waals surface area contributed by atoms with Gasteiger partial charge in [-0.3, -0.25) is 9.36 Å². The molecule has 1 saturated carbocycles. The number of para-hydroxylation sites is 1. The monoisotopic (exact) mass is 344 g/mol. The second-order valence-corrected chi connectivity index (χ2v) is 7.19. The molecule has 24 heavy (non-hydrogen) atoms. The Morgan fingerprint density at radius 3 is 2.58 bits per heavy atom. The van der Waals surface area contributed by atoms with Crippen LogP contribution in [0.25, 0.3) is 5.69 Å². The highest BCUT2D eigenvalue weighted by molar-refractivity contribution is 7.99. The number of benzene rings is 1. The fraction of sp³-hybridized carbons (Fsp3) is 0.500. The second-order valence-electron chi connectivity index (χ2n) is 6.25. The molecular formula is C18H24N4OS. The van der Waals surface area contributed by atoms with E-state index in [2.05, 4.69) is 15.5 Å². The molecule has 1 fully saturated rings. The third kappa shape index (κ3) is 4.38. The summed E-state index contributed by atoms with van der Waals surface area (Å²) in [7, 11) is 0. The maximum atomic E-state index is 12.3. The zero-order valence-corrected chi connectivity index (χ0v) is 14.9. The third-order valence-electron chi connectivity index (χ3n) is 4.36. The average Bonchev–Trinajstić information content (AvgIpc) is 2.79. The van der Waals surface area contributed by atoms with Crippen molar-refractivity contribution >= 4 is 17.7 Å². The Labute approximate surface area is 147 Å². The molecule has 0 saturated heterocycles. The molecule has 1 amide bonds. The predicted octanol–water partition coefficient (Wildman–Crippen LogP) is 3.51. The van der Waals surface area contributed by atoms with Gasteiger partial charge in [0.05, 0.1) is 5.75 Å². The van der Waals surface area contributed by atoms with E-state index in [0.717, 1.165) is 29.5 Å². The number of aryl methyl sites for hydroxylation is 1. The molecule has 0 aliphatic heterocycles. The van der Waals surface area contributed by atoms with Crippen LogP contribution in [-0.2, 0) is 4.79 Å². The predicted molar refractivity (Wildman–Crippen MR) is 96.5 cm³/mol. The molecule has 1 aromatic carbocycles. The van der Waals surface area contributed by atoms with Crippen LogP contribution < -0.4 is 5.32 Å². The van der Waals surface area contributed by atoms with Crippen LogP contribution in [-0.4, -0.2) is 32.5 Å². The summed E-state index contributed by atoms with van der Waals surface area (Å²) >= 11 is 1.44. The molecule has 6 heteroatoms. The van der Waals surface area contributed by atoms with E-state index in [-0.39, 0.29) is 5.91 Å². The maximum Gasteiger partial charge on any atom is 0.230 e. The minimum Gasteiger partial charge on any atom is -0.353 e. The lowest BCUT2D eigenvalue weighted by Crippen LogP contribution is -2.35. The highest BCUT2D eigenvalue weighted by atomic mass is 32.2. The average molecular weight is 344 g/mol. The number of carbonyl (C=O) groups excluding carboxylic acids is 1. The van der Waals surface area contributed by atoms with Gasteiger partial charge >= 0.3 is 0 Å². The summed E-state index contributed by atoms with van der Waals surface area (Å²) in [6.07, 6.45) is 7.24. The standard InChI is InChI=1S/C18H24N4OS/c1-14-20-21-18(22(14)16-11-7-4-8-12-16)24-13-17(23)19-15-9-5-2-3-6-10-15/h4,7-8,11-12,15H,2-3,5-6,9-10,13H2,1H3,(H,19,23). The van der Waals surface area contributed by atoms with Gasteiger partial charge < -0.3 is 5.32 Å². The number of hydrogen-bond donors (Lipinski definition) is 1. The molecule has 0 atom stereocenters. The highest BCUT2D eigenvalue weighted by Crippen LogP contribution is 2.22. The van der Waals surface area contributed by atoms with Crippen molar-refractivity contribution in [2.75, 3.05) is 5.75 Å².